The number of amidine groups is 1. The van der Waals surface area contributed by atoms with Crippen LogP contribution in [0.15, 0.2) is 59.1 Å². The monoisotopic (exact) mass is 350 g/mol. The molecule has 3 nitrogen and oxygen atoms in total. The molecule has 2 aromatic rings. The van der Waals surface area contributed by atoms with Gasteiger partial charge in [-0.2, -0.15) is 0 Å². The number of thioether (sulfide) groups is 1. The zero-order chi connectivity index (χ0) is 17.0. The summed E-state index contributed by atoms with van der Waals surface area (Å²) in [6.45, 7) is 0. The molecule has 1 atom stereocenters. The molecule has 0 saturated carbocycles. The number of aryl methyl sites for hydroxylation is 1. The lowest BCUT2D eigenvalue weighted by atomic mass is 9.82. The predicted molar refractivity (Wildman–Crippen MR) is 97.6 cm³/mol. The molecule has 25 heavy (non-hydrogen) atoms. The van der Waals surface area contributed by atoms with Crippen molar-refractivity contribution in [1.82, 2.24) is 4.90 Å². The normalized spacial score (nSPS) is 21.6. The standard InChI is InChI=1S/C20H15FN2OS/c21-14-6-3-5-13(10-14)19-16-9-8-12-4-1-2-7-15(12)18(16)22-20-23(19)17(24)11-25-20/h1-7,10,19H,8-9,11H2/t19-/m1/s1. The van der Waals surface area contributed by atoms with Gasteiger partial charge in [0.1, 0.15) is 5.82 Å². The number of hydrogen-bond acceptors (Lipinski definition) is 3. The van der Waals surface area contributed by atoms with Gasteiger partial charge in [0.25, 0.3) is 0 Å². The first-order chi connectivity index (χ1) is 12.2. The lowest BCUT2D eigenvalue weighted by Crippen LogP contribution is -2.38. The molecule has 5 rings (SSSR count). The highest BCUT2D eigenvalue weighted by molar-refractivity contribution is 8.15. The number of carbonyl (C=O) groups is 1. The average molecular weight is 350 g/mol. The second-order valence-electron chi connectivity index (χ2n) is 6.44. The van der Waals surface area contributed by atoms with Gasteiger partial charge in [-0.25, -0.2) is 9.38 Å². The van der Waals surface area contributed by atoms with E-state index in [9.17, 15) is 9.18 Å². The molecule has 0 unspecified atom stereocenters. The van der Waals surface area contributed by atoms with Gasteiger partial charge >= 0.3 is 0 Å². The Labute approximate surface area is 149 Å². The van der Waals surface area contributed by atoms with Gasteiger partial charge in [-0.1, -0.05) is 48.2 Å². The van der Waals surface area contributed by atoms with E-state index in [-0.39, 0.29) is 17.8 Å². The number of aliphatic imine (C=N–C) groups is 1. The topological polar surface area (TPSA) is 32.7 Å². The Morgan fingerprint density at radius 3 is 2.88 bits per heavy atom. The fourth-order valence-corrected chi connectivity index (χ4v) is 4.81. The van der Waals surface area contributed by atoms with Crippen LogP contribution in [-0.4, -0.2) is 21.7 Å². The molecule has 2 aromatic carbocycles. The minimum absolute atomic E-state index is 0.0448. The van der Waals surface area contributed by atoms with Gasteiger partial charge in [-0.15, -0.1) is 0 Å². The molecule has 0 N–H and O–H groups in total. The molecule has 1 fully saturated rings. The highest BCUT2D eigenvalue weighted by atomic mass is 32.2. The fourth-order valence-electron chi connectivity index (χ4n) is 3.92. The Balaban J connectivity index is 1.74. The van der Waals surface area contributed by atoms with Crippen molar-refractivity contribution in [2.45, 2.75) is 18.9 Å². The van der Waals surface area contributed by atoms with Gasteiger partial charge in [0.05, 0.1) is 17.5 Å². The Morgan fingerprint density at radius 1 is 1.12 bits per heavy atom. The molecule has 5 heteroatoms. The van der Waals surface area contributed by atoms with E-state index in [1.807, 2.05) is 18.2 Å². The number of halogens is 1. The smallest absolute Gasteiger partial charge is 0.239 e. The minimum atomic E-state index is -0.278. The summed E-state index contributed by atoms with van der Waals surface area (Å²) in [5.74, 6) is 0.162. The van der Waals surface area contributed by atoms with Crippen LogP contribution in [0.2, 0.25) is 0 Å². The van der Waals surface area contributed by atoms with Gasteiger partial charge in [-0.05, 0) is 41.7 Å². The summed E-state index contributed by atoms with van der Waals surface area (Å²) in [6.07, 6.45) is 1.75. The number of hydrogen-bond donors (Lipinski definition) is 0. The van der Waals surface area contributed by atoms with E-state index in [1.165, 1.54) is 29.5 Å². The second kappa shape index (κ2) is 5.56. The van der Waals surface area contributed by atoms with Crippen molar-refractivity contribution in [2.75, 3.05) is 5.75 Å². The van der Waals surface area contributed by atoms with Crippen molar-refractivity contribution in [1.29, 1.82) is 0 Å². The predicted octanol–water partition coefficient (Wildman–Crippen LogP) is 4.17. The molecule has 2 aliphatic heterocycles. The van der Waals surface area contributed by atoms with E-state index in [4.69, 9.17) is 4.99 Å². The van der Waals surface area contributed by atoms with E-state index in [1.54, 1.807) is 11.0 Å². The summed E-state index contributed by atoms with van der Waals surface area (Å²) >= 11 is 1.47. The van der Waals surface area contributed by atoms with Crippen LogP contribution in [0.4, 0.5) is 4.39 Å². The maximum absolute atomic E-state index is 13.9. The fraction of sp³-hybridized carbons (Fsp3) is 0.200. The van der Waals surface area contributed by atoms with Gasteiger partial charge in [0.15, 0.2) is 5.17 Å². The summed E-state index contributed by atoms with van der Waals surface area (Å²) in [4.78, 5) is 19.1. The number of nitrogens with zero attached hydrogens (tertiary/aromatic N) is 2. The second-order valence-corrected chi connectivity index (χ2v) is 7.38. The van der Waals surface area contributed by atoms with Crippen molar-refractivity contribution in [2.24, 2.45) is 4.99 Å². The quantitative estimate of drug-likeness (QED) is 0.773. The minimum Gasteiger partial charge on any atom is -0.279 e. The zero-order valence-electron chi connectivity index (χ0n) is 13.4. The molecule has 3 aliphatic rings. The van der Waals surface area contributed by atoms with Crippen LogP contribution >= 0.6 is 11.8 Å². The molecule has 0 bridgehead atoms. The Hall–Kier alpha value is -2.40. The van der Waals surface area contributed by atoms with Crippen LogP contribution < -0.4 is 0 Å². The first kappa shape index (κ1) is 14.9. The first-order valence-corrected chi connectivity index (χ1v) is 9.31. The first-order valence-electron chi connectivity index (χ1n) is 8.33. The third kappa shape index (κ3) is 2.26. The third-order valence-electron chi connectivity index (χ3n) is 5.00. The molecular formula is C20H15FN2OS. The van der Waals surface area contributed by atoms with Crippen LogP contribution in [0.25, 0.3) is 5.70 Å². The van der Waals surface area contributed by atoms with Crippen LogP contribution in [-0.2, 0) is 11.2 Å². The molecule has 2 heterocycles. The molecule has 0 radical (unpaired) electrons. The highest BCUT2D eigenvalue weighted by Crippen LogP contribution is 2.47. The number of carbonyl (C=O) groups excluding carboxylic acids is 1. The van der Waals surface area contributed by atoms with Crippen molar-refractivity contribution < 1.29 is 9.18 Å². The van der Waals surface area contributed by atoms with Crippen LogP contribution in [0.1, 0.15) is 29.2 Å². The largest absolute Gasteiger partial charge is 0.279 e. The lowest BCUT2D eigenvalue weighted by molar-refractivity contribution is -0.125. The highest BCUT2D eigenvalue weighted by Gasteiger charge is 2.42. The lowest BCUT2D eigenvalue weighted by Gasteiger charge is -2.37. The summed E-state index contributed by atoms with van der Waals surface area (Å²) in [7, 11) is 0. The number of benzene rings is 2. The van der Waals surface area contributed by atoms with E-state index < -0.39 is 0 Å². The maximum Gasteiger partial charge on any atom is 0.239 e. The summed E-state index contributed by atoms with van der Waals surface area (Å²) in [5.41, 5.74) is 5.31. The molecule has 0 aromatic heterocycles. The van der Waals surface area contributed by atoms with Gasteiger partial charge in [0.2, 0.25) is 5.91 Å². The molecule has 0 spiro atoms. The summed E-state index contributed by atoms with van der Waals surface area (Å²) in [5, 5.41) is 0.731. The van der Waals surface area contributed by atoms with Crippen LogP contribution in [0.5, 0.6) is 0 Å². The van der Waals surface area contributed by atoms with E-state index in [0.29, 0.717) is 5.75 Å². The molecular weight excluding hydrogens is 335 g/mol. The summed E-state index contributed by atoms with van der Waals surface area (Å²) in [6, 6.07) is 14.6. The Bertz CT molecular complexity index is 966. The third-order valence-corrected chi connectivity index (χ3v) is 5.94. The van der Waals surface area contributed by atoms with Crippen molar-refractivity contribution in [3.63, 3.8) is 0 Å². The maximum atomic E-state index is 13.9. The molecule has 1 saturated heterocycles. The van der Waals surface area contributed by atoms with E-state index in [2.05, 4.69) is 12.1 Å². The average Bonchev–Trinajstić information content (AvgIpc) is 3.00. The van der Waals surface area contributed by atoms with Gasteiger partial charge in [0, 0.05) is 5.56 Å². The van der Waals surface area contributed by atoms with Crippen LogP contribution in [0, 0.1) is 5.82 Å². The molecule has 1 amide bonds. The zero-order valence-corrected chi connectivity index (χ0v) is 14.2. The SMILES string of the molecule is O=C1CSC2=NC3=C(CCc4ccccc43)[C@@H](c3cccc(F)c3)N12. The van der Waals surface area contributed by atoms with E-state index >= 15 is 0 Å². The number of amides is 1. The molecule has 124 valence electrons. The van der Waals surface area contributed by atoms with Crippen molar-refractivity contribution >= 4 is 28.5 Å². The van der Waals surface area contributed by atoms with Gasteiger partial charge < -0.3 is 0 Å². The molecule has 1 aliphatic carbocycles. The van der Waals surface area contributed by atoms with Crippen molar-refractivity contribution in [3.05, 3.63) is 76.6 Å². The van der Waals surface area contributed by atoms with Gasteiger partial charge in [-0.3, -0.25) is 9.69 Å². The number of rotatable bonds is 1. The summed E-state index contributed by atoms with van der Waals surface area (Å²) < 4.78 is 13.9. The van der Waals surface area contributed by atoms with Crippen LogP contribution in [0.3, 0.4) is 0 Å². The van der Waals surface area contributed by atoms with E-state index in [0.717, 1.165) is 40.4 Å². The van der Waals surface area contributed by atoms with Crippen molar-refractivity contribution in [3.8, 4) is 0 Å². The Morgan fingerprint density at radius 2 is 2.00 bits per heavy atom. The number of fused-ring (bicyclic) bond motifs is 3. The Kier molecular flexibility index (Phi) is 3.31.